The Morgan fingerprint density at radius 2 is 1.57 bits per heavy atom. The van der Waals surface area contributed by atoms with Crippen molar-refractivity contribution in [3.8, 4) is 22.7 Å². The summed E-state index contributed by atoms with van der Waals surface area (Å²) in [5.74, 6) is 0.385. The summed E-state index contributed by atoms with van der Waals surface area (Å²) in [4.78, 5) is 4.20. The van der Waals surface area contributed by atoms with Crippen molar-refractivity contribution in [1.29, 1.82) is 0 Å². The molecule has 0 bridgehead atoms. The van der Waals surface area contributed by atoms with E-state index in [2.05, 4.69) is 4.98 Å². The lowest BCUT2D eigenvalue weighted by atomic mass is 10.2. The van der Waals surface area contributed by atoms with E-state index in [1.807, 2.05) is 30.3 Å². The molecule has 0 atom stereocenters. The molecule has 21 heavy (non-hydrogen) atoms. The Bertz CT molecular complexity index is 852. The van der Waals surface area contributed by atoms with Crippen molar-refractivity contribution in [2.45, 2.75) is 4.90 Å². The normalized spacial score (nSPS) is 11.5. The van der Waals surface area contributed by atoms with Gasteiger partial charge in [0.2, 0.25) is 5.89 Å². The molecule has 0 radical (unpaired) electrons. The first-order valence-electron chi connectivity index (χ1n) is 6.13. The topological polar surface area (TPSA) is 80.4 Å². The average molecular weight is 301 g/mol. The molecule has 5 nitrogen and oxygen atoms in total. The molecule has 1 heterocycles. The second-order valence-corrected chi connectivity index (χ2v) is 5.82. The van der Waals surface area contributed by atoms with Crippen LogP contribution in [0.3, 0.4) is 0 Å². The van der Waals surface area contributed by atoms with Crippen LogP contribution < -0.4 is 0 Å². The number of hydrogen-bond acceptors (Lipinski definition) is 4. The van der Waals surface area contributed by atoms with Gasteiger partial charge in [0.25, 0.3) is 10.1 Å². The summed E-state index contributed by atoms with van der Waals surface area (Å²) >= 11 is 0. The van der Waals surface area contributed by atoms with Crippen LogP contribution in [0.1, 0.15) is 0 Å². The highest BCUT2D eigenvalue weighted by atomic mass is 32.2. The zero-order valence-corrected chi connectivity index (χ0v) is 11.6. The lowest BCUT2D eigenvalue weighted by Crippen LogP contribution is -1.97. The van der Waals surface area contributed by atoms with E-state index in [0.717, 1.165) is 5.56 Å². The quantitative estimate of drug-likeness (QED) is 0.751. The van der Waals surface area contributed by atoms with Gasteiger partial charge < -0.3 is 4.42 Å². The van der Waals surface area contributed by atoms with Crippen molar-refractivity contribution in [2.75, 3.05) is 0 Å². The molecule has 0 amide bonds. The molecule has 6 heteroatoms. The molecule has 0 aliphatic rings. The van der Waals surface area contributed by atoms with E-state index < -0.39 is 10.1 Å². The van der Waals surface area contributed by atoms with Crippen LogP contribution in [0.5, 0.6) is 0 Å². The predicted octanol–water partition coefficient (Wildman–Crippen LogP) is 3.26. The number of oxazole rings is 1. The highest BCUT2D eigenvalue weighted by Gasteiger charge is 2.12. The Balaban J connectivity index is 1.94. The molecule has 0 saturated carbocycles. The van der Waals surface area contributed by atoms with Gasteiger partial charge in [0.1, 0.15) is 12.0 Å². The Morgan fingerprint density at radius 1 is 0.905 bits per heavy atom. The molecule has 0 unspecified atom stereocenters. The van der Waals surface area contributed by atoms with Crippen LogP contribution >= 0.6 is 0 Å². The van der Waals surface area contributed by atoms with Crippen molar-refractivity contribution in [3.05, 3.63) is 60.9 Å². The maximum absolute atomic E-state index is 11.0. The van der Waals surface area contributed by atoms with Gasteiger partial charge in [-0.15, -0.1) is 0 Å². The second-order valence-electron chi connectivity index (χ2n) is 4.40. The Morgan fingerprint density at radius 3 is 2.19 bits per heavy atom. The van der Waals surface area contributed by atoms with Gasteiger partial charge in [0, 0.05) is 11.1 Å². The van der Waals surface area contributed by atoms with Crippen LogP contribution in [-0.4, -0.2) is 18.0 Å². The van der Waals surface area contributed by atoms with E-state index >= 15 is 0 Å². The molecule has 1 N–H and O–H groups in total. The van der Waals surface area contributed by atoms with Crippen LogP contribution in [-0.2, 0) is 10.1 Å². The summed E-state index contributed by atoms with van der Waals surface area (Å²) in [5, 5.41) is 0. The zero-order chi connectivity index (χ0) is 14.9. The fourth-order valence-corrected chi connectivity index (χ4v) is 2.40. The number of hydrogen-bond donors (Lipinski definition) is 1. The molecule has 3 rings (SSSR count). The molecular weight excluding hydrogens is 290 g/mol. The van der Waals surface area contributed by atoms with Gasteiger partial charge in [0.05, 0.1) is 4.90 Å². The number of rotatable bonds is 3. The van der Waals surface area contributed by atoms with E-state index in [1.54, 1.807) is 6.26 Å². The van der Waals surface area contributed by atoms with E-state index in [1.165, 1.54) is 24.3 Å². The standard InChI is InChI=1S/C15H11NO4S/c17-21(18,19)13-8-6-12(7-9-13)15-16-14(10-20-15)11-4-2-1-3-5-11/h1-10H,(H,17,18,19). The number of aromatic nitrogens is 1. The Kier molecular flexibility index (Phi) is 3.32. The van der Waals surface area contributed by atoms with Crippen LogP contribution in [0.25, 0.3) is 22.7 Å². The van der Waals surface area contributed by atoms with E-state index in [4.69, 9.17) is 8.97 Å². The number of benzene rings is 2. The average Bonchev–Trinajstić information content (AvgIpc) is 2.97. The molecule has 2 aromatic carbocycles. The van der Waals surface area contributed by atoms with Crippen molar-refractivity contribution >= 4 is 10.1 Å². The van der Waals surface area contributed by atoms with E-state index in [0.29, 0.717) is 17.1 Å². The Labute approximate surface area is 121 Å². The number of nitrogens with zero attached hydrogens (tertiary/aromatic N) is 1. The molecule has 106 valence electrons. The van der Waals surface area contributed by atoms with Gasteiger partial charge in [-0.3, -0.25) is 4.55 Å². The molecule has 0 fully saturated rings. The van der Waals surface area contributed by atoms with Crippen LogP contribution in [0.4, 0.5) is 0 Å². The Hall–Kier alpha value is -2.44. The summed E-state index contributed by atoms with van der Waals surface area (Å²) < 4.78 is 36.3. The van der Waals surface area contributed by atoms with Gasteiger partial charge >= 0.3 is 0 Å². The fraction of sp³-hybridized carbons (Fsp3) is 0. The summed E-state index contributed by atoms with van der Waals surface area (Å²) in [6, 6.07) is 15.2. The molecular formula is C15H11NO4S. The van der Waals surface area contributed by atoms with Crippen molar-refractivity contribution < 1.29 is 17.4 Å². The highest BCUT2D eigenvalue weighted by Crippen LogP contribution is 2.25. The zero-order valence-electron chi connectivity index (χ0n) is 10.8. The monoisotopic (exact) mass is 301 g/mol. The molecule has 0 aliphatic carbocycles. The van der Waals surface area contributed by atoms with E-state index in [-0.39, 0.29) is 4.90 Å². The van der Waals surface area contributed by atoms with Gasteiger partial charge in [0.15, 0.2) is 0 Å². The summed E-state index contributed by atoms with van der Waals surface area (Å²) in [6.45, 7) is 0. The maximum atomic E-state index is 11.0. The smallest absolute Gasteiger partial charge is 0.294 e. The summed E-state index contributed by atoms with van der Waals surface area (Å²) in [6.07, 6.45) is 1.54. The van der Waals surface area contributed by atoms with Crippen LogP contribution in [0, 0.1) is 0 Å². The van der Waals surface area contributed by atoms with Gasteiger partial charge in [-0.05, 0) is 24.3 Å². The lowest BCUT2D eigenvalue weighted by molar-refractivity contribution is 0.483. The largest absolute Gasteiger partial charge is 0.444 e. The molecule has 1 aromatic heterocycles. The lowest BCUT2D eigenvalue weighted by Gasteiger charge is -1.98. The third kappa shape index (κ3) is 2.86. The highest BCUT2D eigenvalue weighted by molar-refractivity contribution is 7.85. The van der Waals surface area contributed by atoms with E-state index in [9.17, 15) is 8.42 Å². The molecule has 0 aliphatic heterocycles. The van der Waals surface area contributed by atoms with Gasteiger partial charge in [-0.25, -0.2) is 4.98 Å². The first-order valence-corrected chi connectivity index (χ1v) is 7.57. The first kappa shape index (κ1) is 13.5. The minimum absolute atomic E-state index is 0.166. The van der Waals surface area contributed by atoms with Gasteiger partial charge in [-0.2, -0.15) is 8.42 Å². The SMILES string of the molecule is O=S(=O)(O)c1ccc(-c2nc(-c3ccccc3)co2)cc1. The van der Waals surface area contributed by atoms with Crippen LogP contribution in [0.15, 0.2) is 70.2 Å². The van der Waals surface area contributed by atoms with Gasteiger partial charge in [-0.1, -0.05) is 30.3 Å². The van der Waals surface area contributed by atoms with Crippen LogP contribution in [0.2, 0.25) is 0 Å². The van der Waals surface area contributed by atoms with Crippen molar-refractivity contribution in [3.63, 3.8) is 0 Å². The second kappa shape index (κ2) is 5.16. The molecule has 3 aromatic rings. The summed E-state index contributed by atoms with van der Waals surface area (Å²) in [7, 11) is -4.19. The van der Waals surface area contributed by atoms with Crippen molar-refractivity contribution in [2.24, 2.45) is 0 Å². The third-order valence-corrected chi connectivity index (χ3v) is 3.84. The summed E-state index contributed by atoms with van der Waals surface area (Å²) in [5.41, 5.74) is 2.26. The molecule has 0 spiro atoms. The third-order valence-electron chi connectivity index (χ3n) is 2.97. The first-order chi connectivity index (χ1) is 10.0. The molecule has 0 saturated heterocycles. The predicted molar refractivity (Wildman–Crippen MR) is 77.2 cm³/mol. The minimum Gasteiger partial charge on any atom is -0.444 e. The maximum Gasteiger partial charge on any atom is 0.294 e. The fourth-order valence-electron chi connectivity index (χ4n) is 1.92. The minimum atomic E-state index is -4.19. The van der Waals surface area contributed by atoms with Crippen molar-refractivity contribution in [1.82, 2.24) is 4.98 Å².